The van der Waals surface area contributed by atoms with Crippen molar-refractivity contribution in [3.05, 3.63) is 59.1 Å². The lowest BCUT2D eigenvalue weighted by molar-refractivity contribution is -0.150. The maximum atomic E-state index is 11.8. The Balaban J connectivity index is 1.66. The molecular formula is C18H17ClN2O6. The van der Waals surface area contributed by atoms with Gasteiger partial charge in [-0.3, -0.25) is 20.4 Å². The van der Waals surface area contributed by atoms with Crippen molar-refractivity contribution < 1.29 is 28.6 Å². The van der Waals surface area contributed by atoms with E-state index in [0.29, 0.717) is 22.1 Å². The Labute approximate surface area is 160 Å². The minimum atomic E-state index is -0.731. The minimum Gasteiger partial charge on any atom is -0.497 e. The number of nitrogens with one attached hydrogen (secondary N) is 2. The summed E-state index contributed by atoms with van der Waals surface area (Å²) in [4.78, 5) is 35.0. The first-order valence-corrected chi connectivity index (χ1v) is 8.13. The number of hydrogen-bond acceptors (Lipinski definition) is 6. The van der Waals surface area contributed by atoms with Crippen LogP contribution in [0.3, 0.4) is 0 Å². The molecule has 8 nitrogen and oxygen atoms in total. The van der Waals surface area contributed by atoms with Gasteiger partial charge in [0.2, 0.25) is 0 Å². The van der Waals surface area contributed by atoms with Gasteiger partial charge in [0, 0.05) is 10.6 Å². The SMILES string of the molecule is COc1ccc(OCC(=O)OCC(=O)NNC(=O)c2ccc(Cl)cc2)cc1. The first kappa shape index (κ1) is 20.1. The fourth-order valence-electron chi connectivity index (χ4n) is 1.84. The smallest absolute Gasteiger partial charge is 0.344 e. The molecule has 0 aliphatic rings. The molecule has 2 aromatic carbocycles. The predicted molar refractivity (Wildman–Crippen MR) is 96.5 cm³/mol. The van der Waals surface area contributed by atoms with E-state index >= 15 is 0 Å². The summed E-state index contributed by atoms with van der Waals surface area (Å²) >= 11 is 5.73. The lowest BCUT2D eigenvalue weighted by atomic mass is 10.2. The number of rotatable bonds is 7. The third kappa shape index (κ3) is 6.87. The minimum absolute atomic E-state index is 0.310. The van der Waals surface area contributed by atoms with E-state index in [1.165, 1.54) is 19.2 Å². The number of halogens is 1. The van der Waals surface area contributed by atoms with Crippen molar-refractivity contribution in [2.75, 3.05) is 20.3 Å². The van der Waals surface area contributed by atoms with Crippen LogP contribution in [0.4, 0.5) is 0 Å². The van der Waals surface area contributed by atoms with Crippen LogP contribution in [0, 0.1) is 0 Å². The van der Waals surface area contributed by atoms with E-state index in [9.17, 15) is 14.4 Å². The Kier molecular flexibility index (Phi) is 7.45. The Morgan fingerprint density at radius 3 is 2.15 bits per heavy atom. The molecule has 0 bridgehead atoms. The number of ether oxygens (including phenoxy) is 3. The number of hydrazine groups is 1. The summed E-state index contributed by atoms with van der Waals surface area (Å²) in [7, 11) is 1.54. The zero-order chi connectivity index (χ0) is 19.6. The number of methoxy groups -OCH3 is 1. The molecule has 0 aromatic heterocycles. The summed E-state index contributed by atoms with van der Waals surface area (Å²) in [6.45, 7) is -0.928. The Morgan fingerprint density at radius 2 is 1.52 bits per heavy atom. The van der Waals surface area contributed by atoms with Crippen molar-refractivity contribution >= 4 is 29.4 Å². The van der Waals surface area contributed by atoms with Crippen molar-refractivity contribution in [1.29, 1.82) is 0 Å². The van der Waals surface area contributed by atoms with E-state index in [2.05, 4.69) is 10.9 Å². The topological polar surface area (TPSA) is 103 Å². The second kappa shape index (κ2) is 10.0. The van der Waals surface area contributed by atoms with Crippen LogP contribution in [-0.4, -0.2) is 38.1 Å². The average molecular weight is 393 g/mol. The fraction of sp³-hybridized carbons (Fsp3) is 0.167. The van der Waals surface area contributed by atoms with Gasteiger partial charge in [-0.25, -0.2) is 4.79 Å². The third-order valence-corrected chi connectivity index (χ3v) is 3.45. The first-order valence-electron chi connectivity index (χ1n) is 7.75. The average Bonchev–Trinajstić information content (AvgIpc) is 2.69. The van der Waals surface area contributed by atoms with Crippen LogP contribution >= 0.6 is 11.6 Å². The molecule has 2 rings (SSSR count). The number of hydrogen-bond donors (Lipinski definition) is 2. The van der Waals surface area contributed by atoms with Crippen LogP contribution in [0.2, 0.25) is 5.02 Å². The van der Waals surface area contributed by atoms with Gasteiger partial charge in [-0.15, -0.1) is 0 Å². The molecule has 0 aliphatic carbocycles. The molecule has 27 heavy (non-hydrogen) atoms. The van der Waals surface area contributed by atoms with Crippen molar-refractivity contribution in [2.45, 2.75) is 0 Å². The largest absolute Gasteiger partial charge is 0.497 e. The van der Waals surface area contributed by atoms with Gasteiger partial charge in [0.05, 0.1) is 7.11 Å². The monoisotopic (exact) mass is 392 g/mol. The first-order chi connectivity index (χ1) is 13.0. The summed E-state index contributed by atoms with van der Waals surface area (Å²) < 4.78 is 15.0. The quantitative estimate of drug-likeness (QED) is 0.549. The molecule has 0 spiro atoms. The van der Waals surface area contributed by atoms with Gasteiger partial charge in [-0.2, -0.15) is 0 Å². The van der Waals surface area contributed by atoms with E-state index in [-0.39, 0.29) is 6.61 Å². The van der Waals surface area contributed by atoms with Gasteiger partial charge >= 0.3 is 5.97 Å². The number of amides is 2. The molecule has 2 amide bonds. The highest BCUT2D eigenvalue weighted by molar-refractivity contribution is 6.30. The zero-order valence-corrected chi connectivity index (χ0v) is 15.1. The van der Waals surface area contributed by atoms with E-state index in [4.69, 9.17) is 25.8 Å². The molecule has 0 fully saturated rings. The fourth-order valence-corrected chi connectivity index (χ4v) is 1.96. The van der Waals surface area contributed by atoms with Gasteiger partial charge in [0.15, 0.2) is 13.2 Å². The molecule has 0 unspecified atom stereocenters. The number of carbonyl (C=O) groups excluding carboxylic acids is 3. The second-order valence-corrected chi connectivity index (χ2v) is 5.57. The van der Waals surface area contributed by atoms with Crippen molar-refractivity contribution in [3.63, 3.8) is 0 Å². The summed E-state index contributed by atoms with van der Waals surface area (Å²) in [5.41, 5.74) is 4.64. The normalized spacial score (nSPS) is 9.85. The van der Waals surface area contributed by atoms with Gasteiger partial charge in [-0.1, -0.05) is 11.6 Å². The van der Waals surface area contributed by atoms with E-state index in [1.807, 2.05) is 0 Å². The lowest BCUT2D eigenvalue weighted by Gasteiger charge is -2.09. The van der Waals surface area contributed by atoms with Crippen molar-refractivity contribution in [3.8, 4) is 11.5 Å². The number of esters is 1. The van der Waals surface area contributed by atoms with Crippen LogP contribution in [-0.2, 0) is 14.3 Å². The highest BCUT2D eigenvalue weighted by atomic mass is 35.5. The van der Waals surface area contributed by atoms with Crippen LogP contribution in [0.1, 0.15) is 10.4 Å². The molecule has 9 heteroatoms. The Hall–Kier alpha value is -3.26. The van der Waals surface area contributed by atoms with Crippen LogP contribution in [0.15, 0.2) is 48.5 Å². The van der Waals surface area contributed by atoms with Gasteiger partial charge in [-0.05, 0) is 48.5 Å². The molecule has 0 saturated carbocycles. The van der Waals surface area contributed by atoms with E-state index in [1.54, 1.807) is 36.4 Å². The number of carbonyl (C=O) groups is 3. The highest BCUT2D eigenvalue weighted by Crippen LogP contribution is 2.16. The molecule has 2 aromatic rings. The van der Waals surface area contributed by atoms with Gasteiger partial charge in [0.25, 0.3) is 11.8 Å². The molecule has 0 aliphatic heterocycles. The van der Waals surface area contributed by atoms with Crippen molar-refractivity contribution in [2.24, 2.45) is 0 Å². The summed E-state index contributed by atoms with van der Waals surface area (Å²) in [6.07, 6.45) is 0. The number of benzene rings is 2. The van der Waals surface area contributed by atoms with Crippen LogP contribution < -0.4 is 20.3 Å². The molecule has 142 valence electrons. The Bertz CT molecular complexity index is 793. The maximum absolute atomic E-state index is 11.8. The molecule has 0 atom stereocenters. The summed E-state index contributed by atoms with van der Waals surface area (Å²) in [5, 5.41) is 0.486. The Morgan fingerprint density at radius 1 is 0.889 bits per heavy atom. The van der Waals surface area contributed by atoms with Gasteiger partial charge < -0.3 is 14.2 Å². The van der Waals surface area contributed by atoms with Crippen LogP contribution in [0.25, 0.3) is 0 Å². The highest BCUT2D eigenvalue weighted by Gasteiger charge is 2.10. The third-order valence-electron chi connectivity index (χ3n) is 3.20. The van der Waals surface area contributed by atoms with Crippen molar-refractivity contribution in [1.82, 2.24) is 10.9 Å². The van der Waals surface area contributed by atoms with E-state index in [0.717, 1.165) is 0 Å². The van der Waals surface area contributed by atoms with Crippen LogP contribution in [0.5, 0.6) is 11.5 Å². The summed E-state index contributed by atoms with van der Waals surface area (Å²) in [6, 6.07) is 12.7. The molecular weight excluding hydrogens is 376 g/mol. The standard InChI is InChI=1S/C18H17ClN2O6/c1-25-14-6-8-15(9-7-14)26-11-17(23)27-10-16(22)20-21-18(24)12-2-4-13(19)5-3-12/h2-9H,10-11H2,1H3,(H,20,22)(H,21,24). The predicted octanol–water partition coefficient (Wildman–Crippen LogP) is 1.73. The summed E-state index contributed by atoms with van der Waals surface area (Å²) in [5.74, 6) is -0.857. The molecule has 2 N–H and O–H groups in total. The maximum Gasteiger partial charge on any atom is 0.344 e. The lowest BCUT2D eigenvalue weighted by Crippen LogP contribution is -2.43. The van der Waals surface area contributed by atoms with E-state index < -0.39 is 24.4 Å². The molecule has 0 heterocycles. The zero-order valence-electron chi connectivity index (χ0n) is 14.4. The second-order valence-electron chi connectivity index (χ2n) is 5.13. The molecule has 0 radical (unpaired) electrons. The van der Waals surface area contributed by atoms with Gasteiger partial charge in [0.1, 0.15) is 11.5 Å². The molecule has 0 saturated heterocycles.